The molecule has 1 rings (SSSR count). The van der Waals surface area contributed by atoms with E-state index in [-0.39, 0.29) is 0 Å². The maximum Gasteiger partial charge on any atom is 0.0202 e. The number of nitrogens with one attached hydrogen (secondary N) is 1. The molecule has 1 N–H and O–H groups in total. The van der Waals surface area contributed by atoms with Gasteiger partial charge in [0.2, 0.25) is 0 Å². The van der Waals surface area contributed by atoms with Gasteiger partial charge in [-0.3, -0.25) is 0 Å². The van der Waals surface area contributed by atoms with Crippen LogP contribution in [0.15, 0.2) is 55.1 Å². The predicted octanol–water partition coefficient (Wildman–Crippen LogP) is 4.18. The second-order valence-electron chi connectivity index (χ2n) is 2.78. The van der Waals surface area contributed by atoms with Crippen LogP contribution in [0.1, 0.15) is 26.3 Å². The van der Waals surface area contributed by atoms with Crippen molar-refractivity contribution in [1.29, 1.82) is 0 Å². The summed E-state index contributed by atoms with van der Waals surface area (Å²) < 4.78 is 0. The lowest BCUT2D eigenvalue weighted by Gasteiger charge is -1.95. The van der Waals surface area contributed by atoms with Crippen molar-refractivity contribution in [1.82, 2.24) is 5.32 Å². The van der Waals surface area contributed by atoms with Gasteiger partial charge in [-0.2, -0.15) is 0 Å². The van der Waals surface area contributed by atoms with Gasteiger partial charge >= 0.3 is 0 Å². The first-order chi connectivity index (χ1) is 7.85. The first-order valence-electron chi connectivity index (χ1n) is 5.77. The van der Waals surface area contributed by atoms with E-state index in [0.717, 1.165) is 6.54 Å². The molecule has 0 aliphatic carbocycles. The molecule has 1 aromatic carbocycles. The lowest BCUT2D eigenvalue weighted by molar-refractivity contribution is 0.818. The minimum Gasteiger partial charge on any atom is -0.316 e. The van der Waals surface area contributed by atoms with Crippen LogP contribution in [0.3, 0.4) is 0 Å². The molecule has 0 atom stereocenters. The van der Waals surface area contributed by atoms with Crippen LogP contribution in [0.2, 0.25) is 0 Å². The average Bonchev–Trinajstić information content (AvgIpc) is 2.35. The zero-order valence-electron chi connectivity index (χ0n) is 11.0. The fraction of sp³-hybridized carbons (Fsp3) is 0.333. The normalized spacial score (nSPS) is 8.50. The number of rotatable bonds is 3. The third-order valence-corrected chi connectivity index (χ3v) is 1.55. The highest BCUT2D eigenvalue weighted by molar-refractivity contribution is 5.13. The van der Waals surface area contributed by atoms with Crippen molar-refractivity contribution < 1.29 is 0 Å². The van der Waals surface area contributed by atoms with Crippen LogP contribution < -0.4 is 5.32 Å². The molecule has 0 fully saturated rings. The lowest BCUT2D eigenvalue weighted by atomic mass is 10.2. The van der Waals surface area contributed by atoms with Gasteiger partial charge in [0.25, 0.3) is 0 Å². The van der Waals surface area contributed by atoms with Crippen LogP contribution in [0.4, 0.5) is 0 Å². The molecular formula is C15H25N. The van der Waals surface area contributed by atoms with E-state index in [1.165, 1.54) is 5.56 Å². The fourth-order valence-electron chi connectivity index (χ4n) is 0.936. The second kappa shape index (κ2) is 16.1. The zero-order chi connectivity index (χ0) is 12.6. The van der Waals surface area contributed by atoms with Crippen LogP contribution >= 0.6 is 0 Å². The topological polar surface area (TPSA) is 12.0 Å². The van der Waals surface area contributed by atoms with Crippen LogP contribution in [-0.2, 0) is 6.54 Å². The highest BCUT2D eigenvalue weighted by atomic mass is 14.8. The van der Waals surface area contributed by atoms with Crippen molar-refractivity contribution in [3.05, 3.63) is 60.7 Å². The standard InChI is InChI=1S/C8H11N.C5H8.C2H6/c1-9-7-8-5-3-2-4-6-8;1-3-5-4-2;1-2/h2-6,9H,7H2,1H3;3-5H,1H2,2H3;1-2H3/b;5-4-;. The quantitative estimate of drug-likeness (QED) is 0.752. The molecule has 0 saturated carbocycles. The highest BCUT2D eigenvalue weighted by Crippen LogP contribution is 1.95. The van der Waals surface area contributed by atoms with Crippen molar-refractivity contribution in [2.45, 2.75) is 27.3 Å². The summed E-state index contributed by atoms with van der Waals surface area (Å²) in [5.41, 5.74) is 1.33. The SMILES string of the molecule is C=C/C=C\C.CC.CNCc1ccccc1. The Hall–Kier alpha value is -1.34. The van der Waals surface area contributed by atoms with Crippen LogP contribution in [0.25, 0.3) is 0 Å². The third-order valence-electron chi connectivity index (χ3n) is 1.55. The first-order valence-corrected chi connectivity index (χ1v) is 5.77. The van der Waals surface area contributed by atoms with E-state index in [2.05, 4.69) is 24.0 Å². The molecule has 0 saturated heterocycles. The van der Waals surface area contributed by atoms with Gasteiger partial charge in [0.15, 0.2) is 0 Å². The van der Waals surface area contributed by atoms with Crippen LogP contribution in [0.5, 0.6) is 0 Å². The summed E-state index contributed by atoms with van der Waals surface area (Å²) in [5.74, 6) is 0. The molecule has 90 valence electrons. The molecule has 0 aliphatic heterocycles. The largest absolute Gasteiger partial charge is 0.316 e. The van der Waals surface area contributed by atoms with Gasteiger partial charge in [-0.1, -0.05) is 69.0 Å². The molecule has 0 heterocycles. The molecule has 0 bridgehead atoms. The van der Waals surface area contributed by atoms with Crippen molar-refractivity contribution in [3.8, 4) is 0 Å². The van der Waals surface area contributed by atoms with E-state index in [4.69, 9.17) is 0 Å². The van der Waals surface area contributed by atoms with E-state index in [1.54, 1.807) is 6.08 Å². The Bertz CT molecular complexity index is 249. The minimum absolute atomic E-state index is 0.959. The Morgan fingerprint density at radius 1 is 1.19 bits per heavy atom. The van der Waals surface area contributed by atoms with Gasteiger partial charge in [0, 0.05) is 6.54 Å². The molecule has 0 aromatic heterocycles. The summed E-state index contributed by atoms with van der Waals surface area (Å²) in [4.78, 5) is 0. The summed E-state index contributed by atoms with van der Waals surface area (Å²) in [7, 11) is 1.95. The van der Waals surface area contributed by atoms with Gasteiger partial charge in [-0.05, 0) is 19.5 Å². The third kappa shape index (κ3) is 12.7. The molecule has 0 radical (unpaired) electrons. The number of hydrogen-bond acceptors (Lipinski definition) is 1. The van der Waals surface area contributed by atoms with Crippen LogP contribution in [0, 0.1) is 0 Å². The molecular weight excluding hydrogens is 194 g/mol. The van der Waals surface area contributed by atoms with E-state index in [0.29, 0.717) is 0 Å². The smallest absolute Gasteiger partial charge is 0.0202 e. The first kappa shape index (κ1) is 17.1. The number of benzene rings is 1. The van der Waals surface area contributed by atoms with Crippen molar-refractivity contribution in [2.24, 2.45) is 0 Å². The van der Waals surface area contributed by atoms with Crippen molar-refractivity contribution in [2.75, 3.05) is 7.05 Å². The number of hydrogen-bond donors (Lipinski definition) is 1. The van der Waals surface area contributed by atoms with Crippen LogP contribution in [-0.4, -0.2) is 7.05 Å². The Kier molecular flexibility index (Phi) is 17.2. The van der Waals surface area contributed by atoms with Crippen molar-refractivity contribution >= 4 is 0 Å². The Balaban J connectivity index is 0. The lowest BCUT2D eigenvalue weighted by Crippen LogP contribution is -2.04. The van der Waals surface area contributed by atoms with E-state index in [9.17, 15) is 0 Å². The zero-order valence-corrected chi connectivity index (χ0v) is 11.0. The second-order valence-corrected chi connectivity index (χ2v) is 2.78. The maximum absolute atomic E-state index is 3.46. The molecule has 0 amide bonds. The molecule has 1 aromatic rings. The summed E-state index contributed by atoms with van der Waals surface area (Å²) in [6, 6.07) is 10.3. The maximum atomic E-state index is 3.46. The fourth-order valence-corrected chi connectivity index (χ4v) is 0.936. The summed E-state index contributed by atoms with van der Waals surface area (Å²) in [6.07, 6.45) is 5.58. The van der Waals surface area contributed by atoms with Crippen molar-refractivity contribution in [3.63, 3.8) is 0 Å². The van der Waals surface area contributed by atoms with E-state index in [1.807, 2.05) is 58.2 Å². The van der Waals surface area contributed by atoms with E-state index >= 15 is 0 Å². The van der Waals surface area contributed by atoms with Gasteiger partial charge in [0.1, 0.15) is 0 Å². The van der Waals surface area contributed by atoms with Gasteiger partial charge in [0.05, 0.1) is 0 Å². The van der Waals surface area contributed by atoms with E-state index < -0.39 is 0 Å². The highest BCUT2D eigenvalue weighted by Gasteiger charge is 1.83. The summed E-state index contributed by atoms with van der Waals surface area (Å²) in [5, 5.41) is 3.08. The Morgan fingerprint density at radius 3 is 2.06 bits per heavy atom. The molecule has 0 spiro atoms. The predicted molar refractivity (Wildman–Crippen MR) is 75.6 cm³/mol. The van der Waals surface area contributed by atoms with Gasteiger partial charge < -0.3 is 5.32 Å². The molecule has 1 heteroatoms. The number of allylic oxidation sites excluding steroid dienone is 3. The summed E-state index contributed by atoms with van der Waals surface area (Å²) in [6.45, 7) is 10.4. The monoisotopic (exact) mass is 219 g/mol. The van der Waals surface area contributed by atoms with Gasteiger partial charge in [-0.15, -0.1) is 0 Å². The molecule has 1 nitrogen and oxygen atoms in total. The van der Waals surface area contributed by atoms with Gasteiger partial charge in [-0.25, -0.2) is 0 Å². The molecule has 16 heavy (non-hydrogen) atoms. The molecule has 0 unspecified atom stereocenters. The molecule has 0 aliphatic rings. The summed E-state index contributed by atoms with van der Waals surface area (Å²) >= 11 is 0. The average molecular weight is 219 g/mol. The Labute approximate surface area is 101 Å². The Morgan fingerprint density at radius 2 is 1.75 bits per heavy atom. The minimum atomic E-state index is 0.959.